The van der Waals surface area contributed by atoms with Gasteiger partial charge in [-0.3, -0.25) is 9.80 Å². The Kier molecular flexibility index (Phi) is 5.32. The number of aryl methyl sites for hydroxylation is 1. The highest BCUT2D eigenvalue weighted by Crippen LogP contribution is 2.43. The molecule has 2 aromatic carbocycles. The Bertz CT molecular complexity index is 790. The highest BCUT2D eigenvalue weighted by Gasteiger charge is 2.30. The van der Waals surface area contributed by atoms with Crippen molar-refractivity contribution in [2.45, 2.75) is 29.2 Å². The largest absolute Gasteiger partial charge is 0.395 e. The number of halogens is 1. The first-order chi connectivity index (χ1) is 12.6. The minimum Gasteiger partial charge on any atom is -0.395 e. The van der Waals surface area contributed by atoms with Crippen molar-refractivity contribution in [2.75, 3.05) is 39.3 Å². The van der Waals surface area contributed by atoms with Crippen molar-refractivity contribution in [1.82, 2.24) is 9.80 Å². The molecule has 4 rings (SSSR count). The van der Waals surface area contributed by atoms with Crippen molar-refractivity contribution in [3.8, 4) is 0 Å². The maximum Gasteiger partial charge on any atom is 0.124 e. The number of fused-ring (bicyclic) bond motifs is 2. The van der Waals surface area contributed by atoms with Crippen LogP contribution >= 0.6 is 11.8 Å². The summed E-state index contributed by atoms with van der Waals surface area (Å²) in [5.74, 6) is -0.166. The molecule has 138 valence electrons. The maximum atomic E-state index is 13.8. The first-order valence-corrected chi connectivity index (χ1v) is 10.1. The quantitative estimate of drug-likeness (QED) is 0.892. The van der Waals surface area contributed by atoms with Crippen molar-refractivity contribution in [2.24, 2.45) is 0 Å². The molecule has 0 radical (unpaired) electrons. The SMILES string of the molecule is Cc1ccc2c(c1)[C@@H](N1CCN(CCO)CC1)Cc1ccc(F)cc1S2. The van der Waals surface area contributed by atoms with Gasteiger partial charge in [0.15, 0.2) is 0 Å². The third kappa shape index (κ3) is 3.67. The van der Waals surface area contributed by atoms with Crippen molar-refractivity contribution in [1.29, 1.82) is 0 Å². The number of benzene rings is 2. The summed E-state index contributed by atoms with van der Waals surface area (Å²) in [5.41, 5.74) is 3.86. The van der Waals surface area contributed by atoms with Gasteiger partial charge >= 0.3 is 0 Å². The number of rotatable bonds is 3. The maximum absolute atomic E-state index is 13.8. The molecule has 26 heavy (non-hydrogen) atoms. The Balaban J connectivity index is 1.67. The number of β-amino-alcohol motifs (C(OH)–C–C–N with tert-alkyl or cyclic N) is 1. The molecule has 0 spiro atoms. The third-order valence-electron chi connectivity index (χ3n) is 5.45. The summed E-state index contributed by atoms with van der Waals surface area (Å²) in [6.45, 7) is 7.09. The van der Waals surface area contributed by atoms with E-state index in [0.29, 0.717) is 6.04 Å². The molecule has 1 N–H and O–H groups in total. The molecular formula is C21H25FN2OS. The summed E-state index contributed by atoms with van der Waals surface area (Å²) in [6.07, 6.45) is 0.916. The summed E-state index contributed by atoms with van der Waals surface area (Å²) in [7, 11) is 0. The average Bonchev–Trinajstić information content (AvgIpc) is 2.79. The van der Waals surface area contributed by atoms with E-state index in [1.54, 1.807) is 23.9 Å². The summed E-state index contributed by atoms with van der Waals surface area (Å²) >= 11 is 1.69. The van der Waals surface area contributed by atoms with Crippen molar-refractivity contribution in [3.63, 3.8) is 0 Å². The van der Waals surface area contributed by atoms with Crippen molar-refractivity contribution < 1.29 is 9.50 Å². The van der Waals surface area contributed by atoms with Crippen LogP contribution in [-0.4, -0.2) is 54.2 Å². The van der Waals surface area contributed by atoms with Crippen LogP contribution < -0.4 is 0 Å². The lowest BCUT2D eigenvalue weighted by Gasteiger charge is -2.39. The van der Waals surface area contributed by atoms with Crippen LogP contribution in [0.4, 0.5) is 4.39 Å². The number of aliphatic hydroxyl groups excluding tert-OH is 1. The van der Waals surface area contributed by atoms with E-state index in [0.717, 1.165) is 44.0 Å². The molecule has 1 atom stereocenters. The summed E-state index contributed by atoms with van der Waals surface area (Å²) < 4.78 is 13.8. The van der Waals surface area contributed by atoms with Gasteiger partial charge in [0, 0.05) is 48.6 Å². The molecule has 1 fully saturated rings. The van der Waals surface area contributed by atoms with Crippen LogP contribution in [0.3, 0.4) is 0 Å². The van der Waals surface area contributed by atoms with E-state index in [1.807, 2.05) is 6.07 Å². The molecule has 0 unspecified atom stereocenters. The van der Waals surface area contributed by atoms with E-state index < -0.39 is 0 Å². The van der Waals surface area contributed by atoms with Gasteiger partial charge in [-0.2, -0.15) is 0 Å². The fraction of sp³-hybridized carbons (Fsp3) is 0.429. The first kappa shape index (κ1) is 18.0. The predicted octanol–water partition coefficient (Wildman–Crippen LogP) is 3.49. The highest BCUT2D eigenvalue weighted by atomic mass is 32.2. The molecule has 2 aliphatic heterocycles. The second kappa shape index (κ2) is 7.69. The number of hydrogen-bond donors (Lipinski definition) is 1. The first-order valence-electron chi connectivity index (χ1n) is 9.28. The zero-order valence-electron chi connectivity index (χ0n) is 15.1. The van der Waals surface area contributed by atoms with Crippen LogP contribution in [0.25, 0.3) is 0 Å². The minimum atomic E-state index is -0.166. The monoisotopic (exact) mass is 372 g/mol. The van der Waals surface area contributed by atoms with Crippen LogP contribution in [0, 0.1) is 12.7 Å². The van der Waals surface area contributed by atoms with Gasteiger partial charge in [0.1, 0.15) is 5.82 Å². The zero-order valence-corrected chi connectivity index (χ0v) is 15.9. The van der Waals surface area contributed by atoms with Gasteiger partial charge in [-0.15, -0.1) is 0 Å². The number of nitrogens with zero attached hydrogens (tertiary/aromatic N) is 2. The fourth-order valence-electron chi connectivity index (χ4n) is 4.02. The zero-order chi connectivity index (χ0) is 18.1. The topological polar surface area (TPSA) is 26.7 Å². The Morgan fingerprint density at radius 2 is 1.88 bits per heavy atom. The lowest BCUT2D eigenvalue weighted by molar-refractivity contribution is 0.0823. The Morgan fingerprint density at radius 1 is 1.08 bits per heavy atom. The lowest BCUT2D eigenvalue weighted by Crippen LogP contribution is -2.48. The van der Waals surface area contributed by atoms with E-state index in [2.05, 4.69) is 34.9 Å². The van der Waals surface area contributed by atoms with E-state index in [1.165, 1.54) is 21.6 Å². The molecule has 0 aliphatic carbocycles. The predicted molar refractivity (Wildman–Crippen MR) is 103 cm³/mol. The van der Waals surface area contributed by atoms with E-state index in [-0.39, 0.29) is 12.4 Å². The van der Waals surface area contributed by atoms with Gasteiger partial charge in [-0.25, -0.2) is 4.39 Å². The summed E-state index contributed by atoms with van der Waals surface area (Å²) in [4.78, 5) is 7.16. The number of piperazine rings is 1. The molecule has 1 saturated heterocycles. The van der Waals surface area contributed by atoms with Crippen LogP contribution in [0.2, 0.25) is 0 Å². The molecule has 0 saturated carbocycles. The lowest BCUT2D eigenvalue weighted by atomic mass is 9.95. The van der Waals surface area contributed by atoms with Gasteiger partial charge in [0.05, 0.1) is 6.61 Å². The van der Waals surface area contributed by atoms with Crippen molar-refractivity contribution >= 4 is 11.8 Å². The fourth-order valence-corrected chi connectivity index (χ4v) is 5.16. The molecule has 2 aromatic rings. The van der Waals surface area contributed by atoms with Gasteiger partial charge in [-0.05, 0) is 42.7 Å². The minimum absolute atomic E-state index is 0.166. The number of aliphatic hydroxyl groups is 1. The van der Waals surface area contributed by atoms with E-state index in [4.69, 9.17) is 0 Å². The van der Waals surface area contributed by atoms with Crippen LogP contribution in [0.1, 0.15) is 22.7 Å². The molecule has 2 aliphatic rings. The standard InChI is InChI=1S/C21H25FN2OS/c1-15-2-5-20-18(12-15)19(24-8-6-23(7-9-24)10-11-25)13-16-3-4-17(22)14-21(16)26-20/h2-5,12,14,19,25H,6-11,13H2,1H3/t19-/m0/s1. The Hall–Kier alpha value is -1.40. The number of hydrogen-bond acceptors (Lipinski definition) is 4. The molecular weight excluding hydrogens is 347 g/mol. The molecule has 0 amide bonds. The normalized spacial score (nSPS) is 21.1. The average molecular weight is 373 g/mol. The van der Waals surface area contributed by atoms with Crippen LogP contribution in [-0.2, 0) is 6.42 Å². The molecule has 3 nitrogen and oxygen atoms in total. The molecule has 2 heterocycles. The van der Waals surface area contributed by atoms with Gasteiger partial charge < -0.3 is 5.11 Å². The molecule has 0 bridgehead atoms. The van der Waals surface area contributed by atoms with Gasteiger partial charge in [-0.1, -0.05) is 35.5 Å². The smallest absolute Gasteiger partial charge is 0.124 e. The van der Waals surface area contributed by atoms with Crippen LogP contribution in [0.15, 0.2) is 46.2 Å². The van der Waals surface area contributed by atoms with E-state index in [9.17, 15) is 9.50 Å². The summed E-state index contributed by atoms with van der Waals surface area (Å²) in [6, 6.07) is 12.2. The second-order valence-corrected chi connectivity index (χ2v) is 8.30. The van der Waals surface area contributed by atoms with Gasteiger partial charge in [0.25, 0.3) is 0 Å². The molecule has 5 heteroatoms. The Morgan fingerprint density at radius 3 is 2.65 bits per heavy atom. The third-order valence-corrected chi connectivity index (χ3v) is 6.64. The van der Waals surface area contributed by atoms with Crippen molar-refractivity contribution in [3.05, 3.63) is 58.9 Å². The highest BCUT2D eigenvalue weighted by molar-refractivity contribution is 7.99. The van der Waals surface area contributed by atoms with E-state index >= 15 is 0 Å². The second-order valence-electron chi connectivity index (χ2n) is 7.22. The van der Waals surface area contributed by atoms with Crippen LogP contribution in [0.5, 0.6) is 0 Å². The summed E-state index contributed by atoms with van der Waals surface area (Å²) in [5, 5.41) is 9.17. The van der Waals surface area contributed by atoms with Gasteiger partial charge in [0.2, 0.25) is 0 Å². The Labute approximate surface area is 158 Å². The molecule has 0 aromatic heterocycles.